The van der Waals surface area contributed by atoms with Crippen LogP contribution in [-0.4, -0.2) is 65.2 Å². The van der Waals surface area contributed by atoms with E-state index in [0.717, 1.165) is 0 Å². The van der Waals surface area contributed by atoms with Crippen LogP contribution in [0.25, 0.3) is 10.8 Å². The SMILES string of the molecule is COc1c(N)c(OC)c2ccc(C(=O)C(CCCN=C(N)N)NC(=O)CN)c(OC)c2c1OC. The molecule has 186 valence electrons. The van der Waals surface area contributed by atoms with Crippen molar-refractivity contribution in [1.82, 2.24) is 5.32 Å². The van der Waals surface area contributed by atoms with Gasteiger partial charge in [0.05, 0.1) is 52.0 Å². The number of carbonyl (C=O) groups excluding carboxylic acids is 2. The summed E-state index contributed by atoms with van der Waals surface area (Å²) in [6.07, 6.45) is 0.713. The highest BCUT2D eigenvalue weighted by Crippen LogP contribution is 2.51. The molecule has 0 spiro atoms. The standard InChI is InChI=1S/C22H32N6O6/c1-31-18-12(17(30)13(28-14(29)10-23)6-5-9-27-22(25)26)8-7-11-15(18)20(33-3)21(34-4)16(24)19(11)32-2/h7-8,13H,5-6,9-10,23-24H2,1-4H3,(H,28,29)(H4,25,26,27). The molecule has 2 aromatic carbocycles. The van der Waals surface area contributed by atoms with Gasteiger partial charge in [-0.25, -0.2) is 0 Å². The average molecular weight is 477 g/mol. The van der Waals surface area contributed by atoms with Crippen molar-refractivity contribution in [3.63, 3.8) is 0 Å². The summed E-state index contributed by atoms with van der Waals surface area (Å²) in [4.78, 5) is 29.5. The molecular weight excluding hydrogens is 444 g/mol. The van der Waals surface area contributed by atoms with Crippen molar-refractivity contribution < 1.29 is 28.5 Å². The number of fused-ring (bicyclic) bond motifs is 1. The smallest absolute Gasteiger partial charge is 0.234 e. The number of nitrogen functional groups attached to an aromatic ring is 1. The number of hydrogen-bond acceptors (Lipinski definition) is 9. The molecule has 0 saturated heterocycles. The molecule has 1 unspecified atom stereocenters. The van der Waals surface area contributed by atoms with E-state index in [0.29, 0.717) is 29.5 Å². The van der Waals surface area contributed by atoms with Crippen LogP contribution in [0.5, 0.6) is 23.0 Å². The van der Waals surface area contributed by atoms with E-state index in [4.69, 9.17) is 41.9 Å². The van der Waals surface area contributed by atoms with Crippen molar-refractivity contribution >= 4 is 34.1 Å². The molecule has 0 fully saturated rings. The number of rotatable bonds is 12. The molecule has 1 atom stereocenters. The van der Waals surface area contributed by atoms with Crippen LogP contribution in [0, 0.1) is 0 Å². The molecule has 2 rings (SSSR count). The Kier molecular flexibility index (Phi) is 9.13. The summed E-state index contributed by atoms with van der Waals surface area (Å²) in [6, 6.07) is 2.36. The van der Waals surface area contributed by atoms with Gasteiger partial charge in [-0.2, -0.15) is 0 Å². The zero-order chi connectivity index (χ0) is 25.4. The van der Waals surface area contributed by atoms with E-state index in [9.17, 15) is 9.59 Å². The Labute approximate surface area is 197 Å². The molecule has 34 heavy (non-hydrogen) atoms. The topological polar surface area (TPSA) is 200 Å². The van der Waals surface area contributed by atoms with Crippen LogP contribution in [0.2, 0.25) is 0 Å². The highest BCUT2D eigenvalue weighted by Gasteiger charge is 2.29. The number of anilines is 1. The highest BCUT2D eigenvalue weighted by molar-refractivity contribution is 6.12. The maximum atomic E-state index is 13.6. The van der Waals surface area contributed by atoms with E-state index < -0.39 is 11.9 Å². The minimum atomic E-state index is -0.889. The Morgan fingerprint density at radius 1 is 0.971 bits per heavy atom. The lowest BCUT2D eigenvalue weighted by atomic mass is 9.94. The molecule has 2 aromatic rings. The average Bonchev–Trinajstić information content (AvgIpc) is 2.83. The van der Waals surface area contributed by atoms with E-state index >= 15 is 0 Å². The first-order valence-electron chi connectivity index (χ1n) is 10.4. The van der Waals surface area contributed by atoms with E-state index in [1.54, 1.807) is 12.1 Å². The monoisotopic (exact) mass is 476 g/mol. The van der Waals surface area contributed by atoms with Crippen LogP contribution in [0.3, 0.4) is 0 Å². The highest BCUT2D eigenvalue weighted by atomic mass is 16.5. The number of nitrogens with one attached hydrogen (secondary N) is 1. The Balaban J connectivity index is 2.67. The first-order valence-corrected chi connectivity index (χ1v) is 10.4. The van der Waals surface area contributed by atoms with E-state index in [1.807, 2.05) is 0 Å². The number of Topliss-reactive ketones (excluding diaryl/α,β-unsaturated/α-hetero) is 1. The number of nitrogens with two attached hydrogens (primary N) is 4. The third kappa shape index (κ3) is 5.34. The lowest BCUT2D eigenvalue weighted by Gasteiger charge is -2.22. The Morgan fingerprint density at radius 3 is 2.12 bits per heavy atom. The zero-order valence-corrected chi connectivity index (χ0v) is 19.8. The van der Waals surface area contributed by atoms with Crippen molar-refractivity contribution in [3.05, 3.63) is 17.7 Å². The van der Waals surface area contributed by atoms with Crippen LogP contribution < -0.4 is 47.2 Å². The van der Waals surface area contributed by atoms with Gasteiger partial charge in [-0.15, -0.1) is 0 Å². The molecular formula is C22H32N6O6. The number of aliphatic imine (C=N–C) groups is 1. The molecule has 0 saturated carbocycles. The van der Waals surface area contributed by atoms with Gasteiger partial charge in [0.25, 0.3) is 0 Å². The Bertz CT molecular complexity index is 1080. The van der Waals surface area contributed by atoms with Crippen LogP contribution in [0.4, 0.5) is 5.69 Å². The summed E-state index contributed by atoms with van der Waals surface area (Å²) >= 11 is 0. The van der Waals surface area contributed by atoms with Gasteiger partial charge in [0.1, 0.15) is 11.4 Å². The number of carbonyl (C=O) groups is 2. The van der Waals surface area contributed by atoms with Gasteiger partial charge < -0.3 is 47.2 Å². The van der Waals surface area contributed by atoms with E-state index in [-0.39, 0.29) is 53.2 Å². The fourth-order valence-electron chi connectivity index (χ4n) is 3.72. The Hall–Kier alpha value is -3.93. The second-order valence-corrected chi connectivity index (χ2v) is 7.22. The zero-order valence-electron chi connectivity index (χ0n) is 19.8. The number of benzene rings is 2. The number of ketones is 1. The maximum absolute atomic E-state index is 13.6. The predicted octanol–water partition coefficient (Wildman–Crippen LogP) is 0.136. The molecule has 1 amide bonds. The fourth-order valence-corrected chi connectivity index (χ4v) is 3.72. The molecule has 9 N–H and O–H groups in total. The van der Waals surface area contributed by atoms with Gasteiger partial charge in [0.15, 0.2) is 29.0 Å². The molecule has 0 heterocycles. The largest absolute Gasteiger partial charge is 0.495 e. The van der Waals surface area contributed by atoms with Crippen molar-refractivity contribution in [2.24, 2.45) is 22.2 Å². The molecule has 0 bridgehead atoms. The second-order valence-electron chi connectivity index (χ2n) is 7.22. The molecule has 12 heteroatoms. The molecule has 12 nitrogen and oxygen atoms in total. The predicted molar refractivity (Wildman–Crippen MR) is 130 cm³/mol. The minimum Gasteiger partial charge on any atom is -0.495 e. The van der Waals surface area contributed by atoms with Crippen molar-refractivity contribution in [1.29, 1.82) is 0 Å². The van der Waals surface area contributed by atoms with Gasteiger partial charge in [-0.05, 0) is 25.0 Å². The minimum absolute atomic E-state index is 0.0562. The quantitative estimate of drug-likeness (QED) is 0.0922. The number of hydrogen-bond donors (Lipinski definition) is 5. The fraction of sp³-hybridized carbons (Fsp3) is 0.409. The normalized spacial score (nSPS) is 11.4. The summed E-state index contributed by atoms with van der Waals surface area (Å²) in [5.74, 6) is 0.148. The van der Waals surface area contributed by atoms with Crippen LogP contribution in [-0.2, 0) is 4.79 Å². The van der Waals surface area contributed by atoms with Gasteiger partial charge in [-0.3, -0.25) is 14.6 Å². The molecule has 0 aliphatic rings. The molecule has 0 aromatic heterocycles. The number of ether oxygens (including phenoxy) is 4. The lowest BCUT2D eigenvalue weighted by Crippen LogP contribution is -2.43. The summed E-state index contributed by atoms with van der Waals surface area (Å²) in [7, 11) is 5.78. The summed E-state index contributed by atoms with van der Waals surface area (Å²) in [5.41, 5.74) is 22.8. The first kappa shape index (κ1) is 26.3. The summed E-state index contributed by atoms with van der Waals surface area (Å²) in [6.45, 7) is 0.0228. The van der Waals surface area contributed by atoms with Gasteiger partial charge in [0, 0.05) is 11.9 Å². The summed E-state index contributed by atoms with van der Waals surface area (Å²) in [5, 5.41) is 3.64. The molecule has 0 aliphatic carbocycles. The van der Waals surface area contributed by atoms with Crippen molar-refractivity contribution in [2.45, 2.75) is 18.9 Å². The van der Waals surface area contributed by atoms with Crippen LogP contribution in [0.1, 0.15) is 23.2 Å². The molecule has 0 aliphatic heterocycles. The number of methoxy groups -OCH3 is 4. The van der Waals surface area contributed by atoms with Crippen molar-refractivity contribution in [3.8, 4) is 23.0 Å². The number of nitrogens with zero attached hydrogens (tertiary/aromatic N) is 1. The van der Waals surface area contributed by atoms with Gasteiger partial charge in [-0.1, -0.05) is 0 Å². The third-order valence-corrected chi connectivity index (χ3v) is 5.19. The summed E-state index contributed by atoms with van der Waals surface area (Å²) < 4.78 is 22.2. The van der Waals surface area contributed by atoms with E-state index in [1.165, 1.54) is 28.4 Å². The molecule has 0 radical (unpaired) electrons. The first-order chi connectivity index (χ1) is 16.2. The van der Waals surface area contributed by atoms with Crippen LogP contribution in [0.15, 0.2) is 17.1 Å². The Morgan fingerprint density at radius 2 is 1.59 bits per heavy atom. The third-order valence-electron chi connectivity index (χ3n) is 5.19. The number of guanidine groups is 1. The van der Waals surface area contributed by atoms with Crippen molar-refractivity contribution in [2.75, 3.05) is 47.3 Å². The second kappa shape index (κ2) is 11.8. The van der Waals surface area contributed by atoms with Crippen LogP contribution >= 0.6 is 0 Å². The lowest BCUT2D eigenvalue weighted by molar-refractivity contribution is -0.120. The van der Waals surface area contributed by atoms with E-state index in [2.05, 4.69) is 10.3 Å². The maximum Gasteiger partial charge on any atom is 0.234 e. The van der Waals surface area contributed by atoms with Gasteiger partial charge >= 0.3 is 0 Å². The number of amides is 1. The van der Waals surface area contributed by atoms with Gasteiger partial charge in [0.2, 0.25) is 5.91 Å².